The number of ether oxygens (including phenoxy) is 2. The Morgan fingerprint density at radius 2 is 1.86 bits per heavy atom. The molecule has 3 amide bonds. The van der Waals surface area contributed by atoms with Gasteiger partial charge in [0.15, 0.2) is 11.6 Å². The fourth-order valence-electron chi connectivity index (χ4n) is 4.50. The molecule has 6 rings (SSSR count). The van der Waals surface area contributed by atoms with Crippen molar-refractivity contribution in [2.75, 3.05) is 18.4 Å². The highest BCUT2D eigenvalue weighted by Crippen LogP contribution is 2.39. The van der Waals surface area contributed by atoms with E-state index >= 15 is 0 Å². The summed E-state index contributed by atoms with van der Waals surface area (Å²) in [5.41, 5.74) is 2.39. The Labute approximate surface area is 252 Å². The fraction of sp³-hybridized carbons (Fsp3) is 0.355. The van der Waals surface area contributed by atoms with E-state index in [1.165, 1.54) is 23.5 Å². The second-order valence-corrected chi connectivity index (χ2v) is 12.8. The van der Waals surface area contributed by atoms with Crippen molar-refractivity contribution < 1.29 is 23.5 Å². The minimum Gasteiger partial charge on any atom is -0.453 e. The first kappa shape index (κ1) is 28.8. The number of rotatable bonds is 8. The molecule has 12 heteroatoms. The third kappa shape index (κ3) is 7.20. The van der Waals surface area contributed by atoms with Gasteiger partial charge < -0.3 is 30.3 Å². The van der Waals surface area contributed by atoms with Crippen LogP contribution in [0.2, 0.25) is 0 Å². The van der Waals surface area contributed by atoms with Crippen molar-refractivity contribution >= 4 is 39.4 Å². The van der Waals surface area contributed by atoms with Gasteiger partial charge in [-0.1, -0.05) is 6.07 Å². The number of nitrogens with one attached hydrogen (secondary N) is 3. The molecule has 0 spiro atoms. The predicted octanol–water partition coefficient (Wildman–Crippen LogP) is 6.28. The van der Waals surface area contributed by atoms with E-state index in [9.17, 15) is 14.0 Å². The number of likely N-dealkylation sites (tertiary alicyclic amines) is 1. The molecule has 1 saturated heterocycles. The topological polar surface area (TPSA) is 118 Å². The molecule has 4 aromatic rings. The molecule has 0 bridgehead atoms. The van der Waals surface area contributed by atoms with E-state index < -0.39 is 11.4 Å². The van der Waals surface area contributed by atoms with Gasteiger partial charge in [-0.05, 0) is 63.4 Å². The first-order chi connectivity index (χ1) is 20.6. The summed E-state index contributed by atoms with van der Waals surface area (Å²) < 4.78 is 27.0. The molecule has 3 aromatic heterocycles. The van der Waals surface area contributed by atoms with Crippen LogP contribution < -0.4 is 20.7 Å². The first-order valence-electron chi connectivity index (χ1n) is 14.2. The SMILES string of the molecule is CC(C)(C)OC(=O)N1CC(NCc2ccc(-c3cc4nccc(Oc5ccc(NC(=O)NC6CC6)cc5F)c4s3)nc2)C1. The smallest absolute Gasteiger partial charge is 0.410 e. The maximum atomic E-state index is 14.9. The van der Waals surface area contributed by atoms with Crippen molar-refractivity contribution in [1.29, 1.82) is 0 Å². The Balaban J connectivity index is 1.06. The Hall–Kier alpha value is -4.29. The lowest BCUT2D eigenvalue weighted by atomic mass is 10.1. The summed E-state index contributed by atoms with van der Waals surface area (Å²) in [4.78, 5) is 35.8. The van der Waals surface area contributed by atoms with Crippen molar-refractivity contribution in [3.8, 4) is 22.1 Å². The average Bonchev–Trinajstić information content (AvgIpc) is 3.62. The van der Waals surface area contributed by atoms with Crippen LogP contribution in [0.5, 0.6) is 11.5 Å². The van der Waals surface area contributed by atoms with Gasteiger partial charge in [-0.2, -0.15) is 0 Å². The average molecular weight is 605 g/mol. The van der Waals surface area contributed by atoms with Crippen LogP contribution in [0.15, 0.2) is 54.9 Å². The third-order valence-corrected chi connectivity index (χ3v) is 8.06. The number of carbonyl (C=O) groups excluding carboxylic acids is 2. The van der Waals surface area contributed by atoms with Crippen LogP contribution in [0, 0.1) is 5.82 Å². The van der Waals surface area contributed by atoms with Crippen LogP contribution in [0.25, 0.3) is 20.8 Å². The highest BCUT2D eigenvalue weighted by molar-refractivity contribution is 7.22. The summed E-state index contributed by atoms with van der Waals surface area (Å²) in [6, 6.07) is 12.0. The Bertz CT molecular complexity index is 1640. The number of pyridine rings is 2. The van der Waals surface area contributed by atoms with Gasteiger partial charge in [0.1, 0.15) is 11.4 Å². The number of halogens is 1. The van der Waals surface area contributed by atoms with E-state index in [1.54, 1.807) is 23.2 Å². The van der Waals surface area contributed by atoms with Crippen LogP contribution in [0.3, 0.4) is 0 Å². The second-order valence-electron chi connectivity index (χ2n) is 11.8. The summed E-state index contributed by atoms with van der Waals surface area (Å²) in [6.07, 6.45) is 5.11. The van der Waals surface area contributed by atoms with Crippen molar-refractivity contribution in [2.24, 2.45) is 0 Å². The number of fused-ring (bicyclic) bond motifs is 1. The lowest BCUT2D eigenvalue weighted by molar-refractivity contribution is 0.00518. The Kier molecular flexibility index (Phi) is 7.89. The van der Waals surface area contributed by atoms with Crippen LogP contribution in [-0.2, 0) is 11.3 Å². The summed E-state index contributed by atoms with van der Waals surface area (Å²) in [5, 5.41) is 8.91. The highest BCUT2D eigenvalue weighted by atomic mass is 32.1. The molecule has 43 heavy (non-hydrogen) atoms. The molecule has 3 N–H and O–H groups in total. The van der Waals surface area contributed by atoms with E-state index in [0.29, 0.717) is 31.1 Å². The van der Waals surface area contributed by atoms with Gasteiger partial charge in [0.2, 0.25) is 0 Å². The van der Waals surface area contributed by atoms with Gasteiger partial charge in [-0.25, -0.2) is 14.0 Å². The standard InChI is InChI=1S/C31H33FN6O4S/c1-31(2,3)42-30(40)38-16-21(17-38)34-14-18-4-8-23(35-15-18)27-13-24-28(43-27)26(10-11-33-24)41-25-9-7-20(12-22(25)32)37-29(39)36-19-5-6-19/h4,7-13,15,19,21,34H,5-6,14,16-17H2,1-3H3,(H2,36,37,39). The van der Waals surface area contributed by atoms with E-state index in [2.05, 4.69) is 25.9 Å². The molecule has 224 valence electrons. The van der Waals surface area contributed by atoms with Gasteiger partial charge in [0.25, 0.3) is 0 Å². The number of amides is 3. The van der Waals surface area contributed by atoms with Crippen LogP contribution in [0.4, 0.5) is 19.7 Å². The summed E-state index contributed by atoms with van der Waals surface area (Å²) in [7, 11) is 0. The van der Waals surface area contributed by atoms with Crippen molar-refractivity contribution in [3.05, 3.63) is 66.2 Å². The van der Waals surface area contributed by atoms with E-state index in [1.807, 2.05) is 45.2 Å². The number of hydrogen-bond donors (Lipinski definition) is 3. The number of benzene rings is 1. The molecule has 2 fully saturated rings. The molecule has 0 atom stereocenters. The maximum absolute atomic E-state index is 14.9. The highest BCUT2D eigenvalue weighted by Gasteiger charge is 2.33. The molecule has 10 nitrogen and oxygen atoms in total. The van der Waals surface area contributed by atoms with Crippen molar-refractivity contribution in [2.45, 2.75) is 57.8 Å². The van der Waals surface area contributed by atoms with Gasteiger partial charge in [0, 0.05) is 61.9 Å². The Morgan fingerprint density at radius 3 is 2.56 bits per heavy atom. The van der Waals surface area contributed by atoms with Gasteiger partial charge in [-0.15, -0.1) is 11.3 Å². The summed E-state index contributed by atoms with van der Waals surface area (Å²) >= 11 is 1.47. The summed E-state index contributed by atoms with van der Waals surface area (Å²) in [5.74, 6) is -0.0587. The largest absolute Gasteiger partial charge is 0.453 e. The molecule has 2 aliphatic rings. The Morgan fingerprint density at radius 1 is 1.05 bits per heavy atom. The van der Waals surface area contributed by atoms with Crippen LogP contribution in [-0.4, -0.2) is 57.8 Å². The maximum Gasteiger partial charge on any atom is 0.410 e. The quantitative estimate of drug-likeness (QED) is 0.217. The van der Waals surface area contributed by atoms with E-state index in [0.717, 1.165) is 39.2 Å². The number of hydrogen-bond acceptors (Lipinski definition) is 8. The first-order valence-corrected chi connectivity index (χ1v) is 15.0. The normalized spacial score (nSPS) is 15.2. The number of aromatic nitrogens is 2. The molecule has 1 saturated carbocycles. The molecule has 0 unspecified atom stereocenters. The number of carbonyl (C=O) groups is 2. The number of urea groups is 1. The monoisotopic (exact) mass is 604 g/mol. The van der Waals surface area contributed by atoms with Crippen LogP contribution in [0.1, 0.15) is 39.2 Å². The number of nitrogens with zero attached hydrogens (tertiary/aromatic N) is 3. The zero-order valence-corrected chi connectivity index (χ0v) is 25.0. The van der Waals surface area contributed by atoms with Gasteiger partial charge in [-0.3, -0.25) is 9.97 Å². The molecule has 1 aliphatic heterocycles. The fourth-order valence-corrected chi connectivity index (χ4v) is 5.54. The van der Waals surface area contributed by atoms with Crippen LogP contribution >= 0.6 is 11.3 Å². The second kappa shape index (κ2) is 11.8. The number of thiophene rings is 1. The molecular formula is C31H33FN6O4S. The molecule has 0 radical (unpaired) electrons. The lowest BCUT2D eigenvalue weighted by Crippen LogP contribution is -2.60. The third-order valence-electron chi connectivity index (χ3n) is 6.90. The van der Waals surface area contributed by atoms with Crippen molar-refractivity contribution in [1.82, 2.24) is 25.5 Å². The lowest BCUT2D eigenvalue weighted by Gasteiger charge is -2.40. The molecule has 4 heterocycles. The zero-order chi connectivity index (χ0) is 30.1. The van der Waals surface area contributed by atoms with Gasteiger partial charge >= 0.3 is 12.1 Å². The van der Waals surface area contributed by atoms with E-state index in [4.69, 9.17) is 9.47 Å². The minimum atomic E-state index is -0.587. The summed E-state index contributed by atoms with van der Waals surface area (Å²) in [6.45, 7) is 7.44. The van der Waals surface area contributed by atoms with Crippen molar-refractivity contribution in [3.63, 3.8) is 0 Å². The molecular weight excluding hydrogens is 571 g/mol. The minimum absolute atomic E-state index is 0.0475. The molecule has 1 aliphatic carbocycles. The van der Waals surface area contributed by atoms with Gasteiger partial charge in [0.05, 0.1) is 20.8 Å². The number of anilines is 1. The predicted molar refractivity (Wildman–Crippen MR) is 163 cm³/mol. The zero-order valence-electron chi connectivity index (χ0n) is 24.1. The molecule has 1 aromatic carbocycles. The van der Waals surface area contributed by atoms with E-state index in [-0.39, 0.29) is 30.0 Å².